The first kappa shape index (κ1) is 24.3. The Balaban J connectivity index is 0.00000320. The van der Waals surface area contributed by atoms with Crippen LogP contribution in [0.3, 0.4) is 0 Å². The predicted molar refractivity (Wildman–Crippen MR) is 92.4 cm³/mol. The quantitative estimate of drug-likeness (QED) is 0.229. The molecule has 2 amide bonds. The summed E-state index contributed by atoms with van der Waals surface area (Å²) in [6, 6.07) is -0.904. The molecular formula is C16H17N4NaO8S. The van der Waals surface area contributed by atoms with E-state index in [9.17, 15) is 24.3 Å². The zero-order chi connectivity index (χ0) is 21.1. The molecule has 0 spiro atoms. The number of carboxylic acid groups (broad SMARTS) is 1. The van der Waals surface area contributed by atoms with E-state index in [2.05, 4.69) is 15.5 Å². The maximum Gasteiger partial charge on any atom is 1.00 e. The third-order valence-electron chi connectivity index (χ3n) is 4.10. The molecule has 2 aliphatic rings. The molecule has 0 aromatic carbocycles. The molecule has 14 heteroatoms. The third-order valence-corrected chi connectivity index (χ3v) is 5.44. The van der Waals surface area contributed by atoms with Gasteiger partial charge in [0.15, 0.2) is 5.82 Å². The summed E-state index contributed by atoms with van der Waals surface area (Å²) in [4.78, 5) is 52.2. The Labute approximate surface area is 197 Å². The monoisotopic (exact) mass is 448 g/mol. The van der Waals surface area contributed by atoms with Crippen molar-refractivity contribution in [2.45, 2.75) is 31.4 Å². The second kappa shape index (κ2) is 10.4. The van der Waals surface area contributed by atoms with E-state index in [-0.39, 0.29) is 77.9 Å². The van der Waals surface area contributed by atoms with Gasteiger partial charge in [-0.3, -0.25) is 19.3 Å². The fourth-order valence-corrected chi connectivity index (χ4v) is 4.21. The number of hydrogen-bond donors (Lipinski definition) is 1. The summed E-state index contributed by atoms with van der Waals surface area (Å²) in [5.74, 6) is -2.69. The van der Waals surface area contributed by atoms with Crippen molar-refractivity contribution in [3.63, 3.8) is 0 Å². The fourth-order valence-electron chi connectivity index (χ4n) is 2.88. The van der Waals surface area contributed by atoms with Crippen molar-refractivity contribution in [2.75, 3.05) is 19.5 Å². The number of carbonyl (C=O) groups is 4. The number of nitrogens with one attached hydrogen (secondary N) is 1. The molecule has 30 heavy (non-hydrogen) atoms. The molecule has 3 heterocycles. The minimum atomic E-state index is -1.55. The molecule has 0 aliphatic carbocycles. The van der Waals surface area contributed by atoms with Crippen LogP contribution >= 0.6 is 11.8 Å². The van der Waals surface area contributed by atoms with Crippen LogP contribution in [0.5, 0.6) is 0 Å². The van der Waals surface area contributed by atoms with Crippen molar-refractivity contribution in [3.05, 3.63) is 23.0 Å². The molecule has 12 nitrogen and oxygen atoms in total. The van der Waals surface area contributed by atoms with Crippen molar-refractivity contribution < 1.29 is 67.8 Å². The first-order valence-electron chi connectivity index (χ1n) is 8.43. The van der Waals surface area contributed by atoms with Gasteiger partial charge in [0.2, 0.25) is 11.8 Å². The number of β-lactam (4-membered cyclic amide) rings is 1. The van der Waals surface area contributed by atoms with Gasteiger partial charge in [0.1, 0.15) is 31.1 Å². The van der Waals surface area contributed by atoms with Crippen molar-refractivity contribution in [1.82, 2.24) is 20.4 Å². The third kappa shape index (κ3) is 5.21. The Morgan fingerprint density at radius 3 is 2.73 bits per heavy atom. The number of carbonyl (C=O) groups excluding carboxylic acids is 4. The van der Waals surface area contributed by atoms with E-state index < -0.39 is 35.2 Å². The van der Waals surface area contributed by atoms with E-state index >= 15 is 0 Å². The SMILES string of the molecule is COCc1noc(CC(=O)N[C@@H]2C(=O)N3C(C(=O)[O-])=C(COC(C)=O)CS[C@H]23)n1.[Na+]. The summed E-state index contributed by atoms with van der Waals surface area (Å²) in [6.07, 6.45) is -0.237. The maximum absolute atomic E-state index is 12.5. The average molecular weight is 448 g/mol. The fraction of sp³-hybridized carbons (Fsp3) is 0.500. The molecule has 1 fully saturated rings. The molecule has 0 bridgehead atoms. The molecule has 1 aromatic heterocycles. The van der Waals surface area contributed by atoms with Crippen molar-refractivity contribution >= 4 is 35.5 Å². The molecule has 156 valence electrons. The molecule has 2 aliphatic heterocycles. The summed E-state index contributed by atoms with van der Waals surface area (Å²) in [7, 11) is 1.46. The molecule has 2 atom stereocenters. The summed E-state index contributed by atoms with van der Waals surface area (Å²) in [5.41, 5.74) is -0.0669. The molecule has 0 radical (unpaired) electrons. The number of methoxy groups -OCH3 is 1. The molecule has 0 unspecified atom stereocenters. The normalized spacial score (nSPS) is 20.1. The van der Waals surface area contributed by atoms with Gasteiger partial charge in [-0.1, -0.05) is 5.16 Å². The van der Waals surface area contributed by atoms with Gasteiger partial charge in [-0.25, -0.2) is 0 Å². The largest absolute Gasteiger partial charge is 1.00 e. The van der Waals surface area contributed by atoms with Gasteiger partial charge in [-0.2, -0.15) is 4.98 Å². The Hall–Kier alpha value is -1.93. The van der Waals surface area contributed by atoms with Gasteiger partial charge in [-0.05, 0) is 0 Å². The van der Waals surface area contributed by atoms with Crippen LogP contribution in [0.25, 0.3) is 0 Å². The van der Waals surface area contributed by atoms with E-state index in [0.29, 0.717) is 0 Å². The van der Waals surface area contributed by atoms with Gasteiger partial charge in [0.05, 0.1) is 11.7 Å². The van der Waals surface area contributed by atoms with Crippen molar-refractivity contribution in [1.29, 1.82) is 0 Å². The number of esters is 1. The van der Waals surface area contributed by atoms with Crippen molar-refractivity contribution in [2.24, 2.45) is 0 Å². The molecule has 1 N–H and O–H groups in total. The van der Waals surface area contributed by atoms with E-state index in [0.717, 1.165) is 4.90 Å². The Bertz CT molecular complexity index is 888. The summed E-state index contributed by atoms with van der Waals surface area (Å²) in [6.45, 7) is 1.08. The van der Waals surface area contributed by atoms with Crippen molar-refractivity contribution in [3.8, 4) is 0 Å². The van der Waals surface area contributed by atoms with Crippen LogP contribution in [0.15, 0.2) is 15.8 Å². The number of aliphatic carboxylic acids is 1. The van der Waals surface area contributed by atoms with E-state index in [1.165, 1.54) is 25.8 Å². The number of amides is 2. The van der Waals surface area contributed by atoms with Crippen LogP contribution in [0.2, 0.25) is 0 Å². The maximum atomic E-state index is 12.5. The number of aromatic nitrogens is 2. The van der Waals surface area contributed by atoms with Crippen LogP contribution < -0.4 is 40.0 Å². The molecule has 1 saturated heterocycles. The van der Waals surface area contributed by atoms with E-state index in [1.807, 2.05) is 0 Å². The Morgan fingerprint density at radius 1 is 1.37 bits per heavy atom. The minimum Gasteiger partial charge on any atom is -0.543 e. The first-order chi connectivity index (χ1) is 13.8. The number of hydrogen-bond acceptors (Lipinski definition) is 11. The number of carboxylic acids is 1. The number of ether oxygens (including phenoxy) is 2. The number of nitrogens with zero attached hydrogens (tertiary/aromatic N) is 3. The summed E-state index contributed by atoms with van der Waals surface area (Å²) < 4.78 is 14.6. The zero-order valence-electron chi connectivity index (χ0n) is 16.5. The second-order valence-electron chi connectivity index (χ2n) is 6.19. The van der Waals surface area contributed by atoms with Crippen LogP contribution in [0, 0.1) is 0 Å². The van der Waals surface area contributed by atoms with Crippen LogP contribution in [0.4, 0.5) is 0 Å². The Kier molecular flexibility index (Phi) is 8.43. The molecular weight excluding hydrogens is 431 g/mol. The smallest absolute Gasteiger partial charge is 0.543 e. The topological polar surface area (TPSA) is 164 Å². The number of rotatable bonds is 8. The standard InChI is InChI=1S/C16H18N4O8S.Na/c1-7(21)27-4-8-6-29-15-12(14(23)20(15)13(8)16(24)25)18-10(22)3-11-17-9(5-26-2)19-28-11;/h12,15H,3-6H2,1-2H3,(H,18,22)(H,24,25);/q;+1/p-1/t12-,15-;/m1./s1. The molecule has 1 aromatic rings. The summed E-state index contributed by atoms with van der Waals surface area (Å²) >= 11 is 1.25. The molecule has 3 rings (SSSR count). The Morgan fingerprint density at radius 2 is 2.10 bits per heavy atom. The van der Waals surface area contributed by atoms with Gasteiger partial charge >= 0.3 is 35.5 Å². The van der Waals surface area contributed by atoms with Crippen LogP contribution in [-0.4, -0.2) is 69.7 Å². The minimum absolute atomic E-state index is 0. The predicted octanol–water partition coefficient (Wildman–Crippen LogP) is -5.27. The summed E-state index contributed by atoms with van der Waals surface area (Å²) in [5, 5.41) is 17.1. The van der Waals surface area contributed by atoms with Crippen LogP contribution in [-0.2, 0) is 41.7 Å². The molecule has 0 saturated carbocycles. The van der Waals surface area contributed by atoms with Gasteiger partial charge < -0.3 is 29.2 Å². The van der Waals surface area contributed by atoms with E-state index in [4.69, 9.17) is 14.0 Å². The van der Waals surface area contributed by atoms with Gasteiger partial charge in [-0.15, -0.1) is 11.8 Å². The second-order valence-corrected chi connectivity index (χ2v) is 7.29. The van der Waals surface area contributed by atoms with Gasteiger partial charge in [0.25, 0.3) is 5.91 Å². The first-order valence-corrected chi connectivity index (χ1v) is 9.47. The van der Waals surface area contributed by atoms with E-state index in [1.54, 1.807) is 0 Å². The zero-order valence-corrected chi connectivity index (χ0v) is 19.3. The number of fused-ring (bicyclic) bond motifs is 1. The van der Waals surface area contributed by atoms with Crippen LogP contribution in [0.1, 0.15) is 18.6 Å². The average Bonchev–Trinajstić information content (AvgIpc) is 3.10. The number of thioether (sulfide) groups is 1. The van der Waals surface area contributed by atoms with Gasteiger partial charge in [0, 0.05) is 25.4 Å².